The van der Waals surface area contributed by atoms with Crippen LogP contribution in [0.3, 0.4) is 0 Å². The molecule has 0 bridgehead atoms. The summed E-state index contributed by atoms with van der Waals surface area (Å²) in [7, 11) is 2.18. The summed E-state index contributed by atoms with van der Waals surface area (Å²) in [6, 6.07) is 66.6. The second-order valence-corrected chi connectivity index (χ2v) is 14.3. The van der Waals surface area contributed by atoms with Crippen molar-refractivity contribution < 1.29 is 0 Å². The maximum atomic E-state index is 3.36. The van der Waals surface area contributed by atoms with Gasteiger partial charge in [-0.05, 0) is 102 Å². The molecule has 3 heteroatoms. The highest BCUT2D eigenvalue weighted by Gasteiger charge is 2.17. The minimum Gasteiger partial charge on any atom is -0.344 e. The van der Waals surface area contributed by atoms with Crippen LogP contribution in [-0.4, -0.2) is 13.7 Å². The van der Waals surface area contributed by atoms with Crippen molar-refractivity contribution in [3.8, 4) is 33.6 Å². The minimum absolute atomic E-state index is 1.17. The van der Waals surface area contributed by atoms with E-state index < -0.39 is 0 Å². The summed E-state index contributed by atoms with van der Waals surface area (Å²) in [5.74, 6) is 0. The molecule has 0 saturated heterocycles. The Hall–Kier alpha value is -7.10. The number of rotatable bonds is 4. The Morgan fingerprint density at radius 3 is 1.13 bits per heavy atom. The molecule has 3 aromatic heterocycles. The monoisotopic (exact) mass is 705 g/mol. The summed E-state index contributed by atoms with van der Waals surface area (Å²) in [6.45, 7) is 5.25. The lowest BCUT2D eigenvalue weighted by atomic mass is 9.99. The van der Waals surface area contributed by atoms with Crippen molar-refractivity contribution in [3.63, 3.8) is 0 Å². The van der Waals surface area contributed by atoms with Gasteiger partial charge in [-0.25, -0.2) is 0 Å². The lowest BCUT2D eigenvalue weighted by molar-refractivity contribution is 1.01. The number of aromatic nitrogens is 3. The number of benzene rings is 8. The SMILES string of the molecule is C=CC.Cn1c2ccc(-c3ccc4c5ccccc5n(-c5ccccc5)c4c3)cc2c2cc(-c3ccc4c5ccccc5n(-c5ccccc5)c4c3)ccc21. The minimum atomic E-state index is 1.17. The fraction of sp³-hybridized carbons (Fsp3) is 0.0385. The summed E-state index contributed by atoms with van der Waals surface area (Å²) >= 11 is 0. The smallest absolute Gasteiger partial charge is 0.0547 e. The molecule has 11 rings (SSSR count). The number of allylic oxidation sites excluding steroid dienone is 1. The van der Waals surface area contributed by atoms with Gasteiger partial charge in [0.05, 0.1) is 22.1 Å². The highest BCUT2D eigenvalue weighted by molar-refractivity contribution is 6.13. The summed E-state index contributed by atoms with van der Waals surface area (Å²) in [5.41, 5.74) is 14.5. The average molecular weight is 706 g/mol. The first kappa shape index (κ1) is 32.5. The van der Waals surface area contributed by atoms with Gasteiger partial charge in [0.15, 0.2) is 0 Å². The Balaban J connectivity index is 0.00000120. The molecule has 11 aromatic rings. The first-order chi connectivity index (χ1) is 27.1. The molecule has 0 amide bonds. The molecule has 0 unspecified atom stereocenters. The van der Waals surface area contributed by atoms with Gasteiger partial charge in [-0.15, -0.1) is 6.58 Å². The first-order valence-electron chi connectivity index (χ1n) is 18.9. The van der Waals surface area contributed by atoms with Crippen molar-refractivity contribution in [1.82, 2.24) is 13.7 Å². The largest absolute Gasteiger partial charge is 0.344 e. The number of hydrogen-bond acceptors (Lipinski definition) is 0. The van der Waals surface area contributed by atoms with Crippen LogP contribution in [0.15, 0.2) is 195 Å². The Labute approximate surface area is 320 Å². The van der Waals surface area contributed by atoms with Gasteiger partial charge in [-0.2, -0.15) is 0 Å². The molecule has 0 aliphatic heterocycles. The van der Waals surface area contributed by atoms with Crippen LogP contribution in [0.4, 0.5) is 0 Å². The van der Waals surface area contributed by atoms with E-state index in [0.717, 1.165) is 0 Å². The molecule has 0 aliphatic rings. The van der Waals surface area contributed by atoms with Crippen LogP contribution in [0.5, 0.6) is 0 Å². The van der Waals surface area contributed by atoms with E-state index >= 15 is 0 Å². The Kier molecular flexibility index (Phi) is 7.74. The molecule has 0 saturated carbocycles. The summed E-state index contributed by atoms with van der Waals surface area (Å²) in [4.78, 5) is 0. The average Bonchev–Trinajstić information content (AvgIpc) is 3.86. The van der Waals surface area contributed by atoms with E-state index in [9.17, 15) is 0 Å². The molecule has 8 aromatic carbocycles. The molecule has 0 spiro atoms. The summed E-state index contributed by atoms with van der Waals surface area (Å²) in [6.07, 6.45) is 1.75. The third kappa shape index (κ3) is 5.20. The Morgan fingerprint density at radius 1 is 0.345 bits per heavy atom. The van der Waals surface area contributed by atoms with Gasteiger partial charge < -0.3 is 13.7 Å². The third-order valence-corrected chi connectivity index (χ3v) is 11.0. The zero-order chi connectivity index (χ0) is 37.0. The summed E-state index contributed by atoms with van der Waals surface area (Å²) < 4.78 is 7.11. The number of aryl methyl sites for hydroxylation is 1. The van der Waals surface area contributed by atoms with Crippen LogP contribution in [0.2, 0.25) is 0 Å². The molecule has 262 valence electrons. The quantitative estimate of drug-likeness (QED) is 0.162. The van der Waals surface area contributed by atoms with Gasteiger partial charge in [0.2, 0.25) is 0 Å². The van der Waals surface area contributed by atoms with E-state index in [1.807, 2.05) is 6.92 Å². The van der Waals surface area contributed by atoms with Gasteiger partial charge in [0.1, 0.15) is 0 Å². The van der Waals surface area contributed by atoms with Crippen LogP contribution < -0.4 is 0 Å². The van der Waals surface area contributed by atoms with Crippen LogP contribution in [0.25, 0.3) is 99.0 Å². The van der Waals surface area contributed by atoms with Gasteiger partial charge in [-0.3, -0.25) is 0 Å². The van der Waals surface area contributed by atoms with Crippen molar-refractivity contribution >= 4 is 65.4 Å². The second kappa shape index (κ2) is 13.1. The first-order valence-corrected chi connectivity index (χ1v) is 18.9. The highest BCUT2D eigenvalue weighted by atomic mass is 15.0. The predicted molar refractivity (Wildman–Crippen MR) is 236 cm³/mol. The van der Waals surface area contributed by atoms with E-state index in [-0.39, 0.29) is 0 Å². The standard InChI is InChI=1S/C49H33N3.C3H6/c1-50-44-26-22-32(34-20-24-40-38-16-8-10-18-46(38)51(48(40)30-34)36-12-4-2-5-13-36)28-42(44)43-29-33(23-27-45(43)50)35-21-25-41-39-17-9-11-19-47(39)52(49(41)31-35)37-14-6-3-7-15-37;1-3-2/h2-31H,1H3;3H,1H2,2H3. The normalized spacial score (nSPS) is 11.5. The van der Waals surface area contributed by atoms with E-state index in [1.165, 1.54) is 99.0 Å². The van der Waals surface area contributed by atoms with Gasteiger partial charge in [0.25, 0.3) is 0 Å². The number of nitrogens with zero attached hydrogens (tertiary/aromatic N) is 3. The maximum Gasteiger partial charge on any atom is 0.0547 e. The van der Waals surface area contributed by atoms with Crippen molar-refractivity contribution in [2.45, 2.75) is 6.92 Å². The lowest BCUT2D eigenvalue weighted by Gasteiger charge is -2.09. The zero-order valence-electron chi connectivity index (χ0n) is 30.9. The van der Waals surface area contributed by atoms with E-state index in [2.05, 4.69) is 209 Å². The highest BCUT2D eigenvalue weighted by Crippen LogP contribution is 2.39. The molecular formula is C52H39N3. The number of hydrogen-bond donors (Lipinski definition) is 0. The van der Waals surface area contributed by atoms with Crippen molar-refractivity contribution in [1.29, 1.82) is 0 Å². The second-order valence-electron chi connectivity index (χ2n) is 14.3. The molecule has 0 fully saturated rings. The molecule has 0 radical (unpaired) electrons. The number of fused-ring (bicyclic) bond motifs is 9. The Bertz CT molecular complexity index is 3010. The molecular weight excluding hydrogens is 667 g/mol. The van der Waals surface area contributed by atoms with Crippen molar-refractivity contribution in [2.24, 2.45) is 7.05 Å². The molecule has 0 N–H and O–H groups in total. The topological polar surface area (TPSA) is 14.8 Å². The lowest BCUT2D eigenvalue weighted by Crippen LogP contribution is -1.93. The Morgan fingerprint density at radius 2 is 0.691 bits per heavy atom. The number of para-hydroxylation sites is 4. The fourth-order valence-electron chi connectivity index (χ4n) is 8.59. The van der Waals surface area contributed by atoms with Gasteiger partial charge in [-0.1, -0.05) is 115 Å². The van der Waals surface area contributed by atoms with Gasteiger partial charge >= 0.3 is 0 Å². The van der Waals surface area contributed by atoms with E-state index in [1.54, 1.807) is 6.08 Å². The molecule has 55 heavy (non-hydrogen) atoms. The molecule has 0 atom stereocenters. The zero-order valence-corrected chi connectivity index (χ0v) is 30.9. The summed E-state index contributed by atoms with van der Waals surface area (Å²) in [5, 5.41) is 7.60. The molecule has 0 aliphatic carbocycles. The third-order valence-electron chi connectivity index (χ3n) is 11.0. The van der Waals surface area contributed by atoms with Crippen molar-refractivity contribution in [2.75, 3.05) is 0 Å². The van der Waals surface area contributed by atoms with E-state index in [4.69, 9.17) is 0 Å². The molecule has 3 nitrogen and oxygen atoms in total. The van der Waals surface area contributed by atoms with E-state index in [0.29, 0.717) is 0 Å². The van der Waals surface area contributed by atoms with Crippen molar-refractivity contribution in [3.05, 3.63) is 195 Å². The van der Waals surface area contributed by atoms with Crippen LogP contribution in [0.1, 0.15) is 6.92 Å². The van der Waals surface area contributed by atoms with Crippen LogP contribution in [0, 0.1) is 0 Å². The maximum absolute atomic E-state index is 3.36. The predicted octanol–water partition coefficient (Wildman–Crippen LogP) is 14.1. The fourth-order valence-corrected chi connectivity index (χ4v) is 8.59. The van der Waals surface area contributed by atoms with Gasteiger partial charge in [0, 0.05) is 61.8 Å². The molecule has 3 heterocycles. The van der Waals surface area contributed by atoms with Crippen LogP contribution >= 0.6 is 0 Å². The van der Waals surface area contributed by atoms with Crippen LogP contribution in [-0.2, 0) is 7.05 Å².